The van der Waals surface area contributed by atoms with Crippen molar-refractivity contribution in [3.05, 3.63) is 24.3 Å². The SMILES string of the molecule is CC1(Oc2ccc(N3CCCC3)cc2)CC2CCC1C2. The van der Waals surface area contributed by atoms with Crippen LogP contribution in [0, 0.1) is 11.8 Å². The molecular weight excluding hydrogens is 246 g/mol. The number of rotatable bonds is 3. The van der Waals surface area contributed by atoms with E-state index in [2.05, 4.69) is 36.1 Å². The molecule has 1 aliphatic heterocycles. The molecule has 108 valence electrons. The van der Waals surface area contributed by atoms with Crippen LogP contribution in [0.15, 0.2) is 24.3 Å². The first-order valence-corrected chi connectivity index (χ1v) is 8.27. The van der Waals surface area contributed by atoms with Crippen LogP contribution in [-0.4, -0.2) is 18.7 Å². The van der Waals surface area contributed by atoms with Crippen molar-refractivity contribution in [1.29, 1.82) is 0 Å². The summed E-state index contributed by atoms with van der Waals surface area (Å²) < 4.78 is 6.40. The second kappa shape index (κ2) is 4.68. The van der Waals surface area contributed by atoms with E-state index >= 15 is 0 Å². The van der Waals surface area contributed by atoms with Crippen molar-refractivity contribution < 1.29 is 4.74 Å². The van der Waals surface area contributed by atoms with E-state index in [0.29, 0.717) is 0 Å². The van der Waals surface area contributed by atoms with Gasteiger partial charge in [0, 0.05) is 18.8 Å². The van der Waals surface area contributed by atoms with Gasteiger partial charge in [-0.05, 0) is 81.5 Å². The van der Waals surface area contributed by atoms with Crippen molar-refractivity contribution in [3.63, 3.8) is 0 Å². The smallest absolute Gasteiger partial charge is 0.120 e. The zero-order valence-electron chi connectivity index (χ0n) is 12.5. The number of nitrogens with zero attached hydrogens (tertiary/aromatic N) is 1. The van der Waals surface area contributed by atoms with E-state index in [9.17, 15) is 0 Å². The Morgan fingerprint density at radius 1 is 1.10 bits per heavy atom. The van der Waals surface area contributed by atoms with Crippen LogP contribution in [0.3, 0.4) is 0 Å². The number of benzene rings is 1. The van der Waals surface area contributed by atoms with Crippen LogP contribution in [0.5, 0.6) is 5.75 Å². The topological polar surface area (TPSA) is 12.5 Å². The van der Waals surface area contributed by atoms with Gasteiger partial charge in [0.15, 0.2) is 0 Å². The molecule has 2 bridgehead atoms. The fourth-order valence-electron chi connectivity index (χ4n) is 4.65. The van der Waals surface area contributed by atoms with E-state index in [-0.39, 0.29) is 5.60 Å². The van der Waals surface area contributed by atoms with Crippen molar-refractivity contribution >= 4 is 5.69 Å². The van der Waals surface area contributed by atoms with E-state index in [1.54, 1.807) is 0 Å². The summed E-state index contributed by atoms with van der Waals surface area (Å²) in [7, 11) is 0. The summed E-state index contributed by atoms with van der Waals surface area (Å²) in [5, 5.41) is 0. The van der Waals surface area contributed by atoms with Crippen LogP contribution < -0.4 is 9.64 Å². The average molecular weight is 271 g/mol. The molecule has 20 heavy (non-hydrogen) atoms. The third kappa shape index (κ3) is 2.10. The van der Waals surface area contributed by atoms with Gasteiger partial charge in [0.2, 0.25) is 0 Å². The van der Waals surface area contributed by atoms with Crippen molar-refractivity contribution in [2.45, 2.75) is 51.0 Å². The number of hydrogen-bond donors (Lipinski definition) is 0. The third-order valence-corrected chi connectivity index (χ3v) is 5.76. The Hall–Kier alpha value is -1.18. The third-order valence-electron chi connectivity index (χ3n) is 5.76. The molecule has 1 heterocycles. The highest BCUT2D eigenvalue weighted by Crippen LogP contribution is 2.52. The molecule has 0 spiro atoms. The minimum absolute atomic E-state index is 0.0953. The summed E-state index contributed by atoms with van der Waals surface area (Å²) in [6, 6.07) is 8.81. The molecule has 3 unspecified atom stereocenters. The summed E-state index contributed by atoms with van der Waals surface area (Å²) in [4.78, 5) is 2.48. The first kappa shape index (κ1) is 12.6. The highest BCUT2D eigenvalue weighted by atomic mass is 16.5. The van der Waals surface area contributed by atoms with E-state index < -0.39 is 0 Å². The minimum Gasteiger partial charge on any atom is -0.487 e. The largest absolute Gasteiger partial charge is 0.487 e. The molecule has 1 aromatic rings. The standard InChI is InChI=1S/C18H25NO/c1-18(13-14-4-5-15(18)12-14)20-17-8-6-16(7-9-17)19-10-2-3-11-19/h6-9,14-15H,2-5,10-13H2,1H3. The van der Waals surface area contributed by atoms with E-state index in [4.69, 9.17) is 4.74 Å². The fraction of sp³-hybridized carbons (Fsp3) is 0.667. The molecule has 2 heteroatoms. The fourth-order valence-corrected chi connectivity index (χ4v) is 4.65. The molecule has 0 radical (unpaired) electrons. The molecule has 1 aromatic carbocycles. The lowest BCUT2D eigenvalue weighted by Crippen LogP contribution is -2.38. The van der Waals surface area contributed by atoms with Gasteiger partial charge in [-0.15, -0.1) is 0 Å². The maximum absolute atomic E-state index is 6.40. The monoisotopic (exact) mass is 271 g/mol. The molecule has 3 atom stereocenters. The summed E-state index contributed by atoms with van der Waals surface area (Å²) >= 11 is 0. The van der Waals surface area contributed by atoms with Gasteiger partial charge >= 0.3 is 0 Å². The van der Waals surface area contributed by atoms with Crippen molar-refractivity contribution in [2.24, 2.45) is 11.8 Å². The Morgan fingerprint density at radius 3 is 2.45 bits per heavy atom. The van der Waals surface area contributed by atoms with E-state index in [0.717, 1.165) is 17.6 Å². The van der Waals surface area contributed by atoms with Crippen LogP contribution in [0.25, 0.3) is 0 Å². The van der Waals surface area contributed by atoms with Crippen LogP contribution in [0.1, 0.15) is 45.4 Å². The van der Waals surface area contributed by atoms with Crippen LogP contribution in [-0.2, 0) is 0 Å². The van der Waals surface area contributed by atoms with Gasteiger partial charge < -0.3 is 9.64 Å². The maximum atomic E-state index is 6.40. The van der Waals surface area contributed by atoms with E-state index in [1.807, 2.05) is 0 Å². The average Bonchev–Trinajstić information content (AvgIpc) is 3.15. The second-order valence-electron chi connectivity index (χ2n) is 7.18. The van der Waals surface area contributed by atoms with Crippen molar-refractivity contribution in [2.75, 3.05) is 18.0 Å². The molecule has 0 amide bonds. The van der Waals surface area contributed by atoms with Gasteiger partial charge in [0.1, 0.15) is 11.4 Å². The Kier molecular flexibility index (Phi) is 2.94. The molecule has 2 aliphatic carbocycles. The predicted molar refractivity (Wildman–Crippen MR) is 82.4 cm³/mol. The highest BCUT2D eigenvalue weighted by Gasteiger charge is 2.49. The second-order valence-corrected chi connectivity index (χ2v) is 7.18. The summed E-state index contributed by atoms with van der Waals surface area (Å²) in [6.07, 6.45) is 8.11. The van der Waals surface area contributed by atoms with Crippen LogP contribution in [0.4, 0.5) is 5.69 Å². The van der Waals surface area contributed by atoms with Gasteiger partial charge in [-0.1, -0.05) is 0 Å². The molecule has 2 nitrogen and oxygen atoms in total. The highest BCUT2D eigenvalue weighted by molar-refractivity contribution is 5.49. The molecule has 2 saturated carbocycles. The molecule has 0 N–H and O–H groups in total. The van der Waals surface area contributed by atoms with Crippen molar-refractivity contribution in [1.82, 2.24) is 0 Å². The van der Waals surface area contributed by atoms with Gasteiger partial charge in [-0.2, -0.15) is 0 Å². The Morgan fingerprint density at radius 2 is 1.85 bits per heavy atom. The van der Waals surface area contributed by atoms with Gasteiger partial charge in [-0.3, -0.25) is 0 Å². The first-order chi connectivity index (χ1) is 9.73. The molecule has 1 saturated heterocycles. The summed E-state index contributed by atoms with van der Waals surface area (Å²) in [6.45, 7) is 4.74. The normalized spacial score (nSPS) is 35.8. The van der Waals surface area contributed by atoms with Crippen molar-refractivity contribution in [3.8, 4) is 5.75 Å². The van der Waals surface area contributed by atoms with Gasteiger partial charge in [0.05, 0.1) is 0 Å². The lowest BCUT2D eigenvalue weighted by atomic mass is 9.85. The number of ether oxygens (including phenoxy) is 1. The lowest BCUT2D eigenvalue weighted by molar-refractivity contribution is 0.0314. The maximum Gasteiger partial charge on any atom is 0.120 e. The molecule has 4 rings (SSSR count). The quantitative estimate of drug-likeness (QED) is 0.815. The van der Waals surface area contributed by atoms with Crippen LogP contribution >= 0.6 is 0 Å². The van der Waals surface area contributed by atoms with Gasteiger partial charge in [-0.25, -0.2) is 0 Å². The molecular formula is C18H25NO. The Labute approximate surface area is 122 Å². The Balaban J connectivity index is 1.46. The zero-order valence-corrected chi connectivity index (χ0v) is 12.5. The van der Waals surface area contributed by atoms with Crippen LogP contribution in [0.2, 0.25) is 0 Å². The minimum atomic E-state index is 0.0953. The summed E-state index contributed by atoms with van der Waals surface area (Å²) in [5.74, 6) is 2.77. The lowest BCUT2D eigenvalue weighted by Gasteiger charge is -2.34. The molecule has 0 aromatic heterocycles. The van der Waals surface area contributed by atoms with E-state index in [1.165, 1.54) is 57.3 Å². The zero-order chi connectivity index (χ0) is 13.6. The molecule has 3 aliphatic rings. The van der Waals surface area contributed by atoms with Gasteiger partial charge in [0.25, 0.3) is 0 Å². The number of hydrogen-bond acceptors (Lipinski definition) is 2. The summed E-state index contributed by atoms with van der Waals surface area (Å²) in [5.41, 5.74) is 1.45. The molecule has 3 fully saturated rings. The first-order valence-electron chi connectivity index (χ1n) is 8.27. The Bertz CT molecular complexity index is 477. The number of anilines is 1. The number of fused-ring (bicyclic) bond motifs is 2. The predicted octanol–water partition coefficient (Wildman–Crippen LogP) is 4.24.